The Balaban J connectivity index is 1.84. The number of amides is 1. The predicted octanol–water partition coefficient (Wildman–Crippen LogP) is 5.68. The monoisotopic (exact) mass is 511 g/mol. The van der Waals surface area contributed by atoms with E-state index in [2.05, 4.69) is 31.3 Å². The lowest BCUT2D eigenvalue weighted by Crippen LogP contribution is -2.40. The Morgan fingerprint density at radius 1 is 0.971 bits per heavy atom. The Bertz CT molecular complexity index is 1330. The maximum atomic E-state index is 13.5. The van der Waals surface area contributed by atoms with Crippen molar-refractivity contribution >= 4 is 38.9 Å². The van der Waals surface area contributed by atoms with E-state index in [1.165, 1.54) is 17.7 Å². The highest BCUT2D eigenvalue weighted by Crippen LogP contribution is 2.30. The number of anilines is 1. The second-order valence-corrected chi connectivity index (χ2v) is 11.6. The number of para-hydroxylation sites is 1. The molecule has 0 heterocycles. The van der Waals surface area contributed by atoms with Gasteiger partial charge in [-0.2, -0.15) is 5.10 Å². The van der Waals surface area contributed by atoms with Crippen LogP contribution < -0.4 is 9.73 Å². The summed E-state index contributed by atoms with van der Waals surface area (Å²) in [6.07, 6.45) is 0. The number of carbonyl (C=O) groups is 1. The molecule has 0 bridgehead atoms. The number of carbonyl (C=O) groups excluding carboxylic acids is 1. The van der Waals surface area contributed by atoms with Crippen molar-refractivity contribution in [1.82, 2.24) is 5.43 Å². The Morgan fingerprint density at radius 3 is 2.14 bits per heavy atom. The number of rotatable bonds is 7. The van der Waals surface area contributed by atoms with Crippen molar-refractivity contribution in [2.24, 2.45) is 5.10 Å². The van der Waals surface area contributed by atoms with Crippen LogP contribution in [0, 0.1) is 6.92 Å². The molecule has 1 N–H and O–H groups in total. The first kappa shape index (κ1) is 26.4. The third kappa shape index (κ3) is 6.50. The fraction of sp³-hybridized carbons (Fsp3) is 0.259. The molecule has 8 heteroatoms. The summed E-state index contributed by atoms with van der Waals surface area (Å²) >= 11 is 6.31. The maximum absolute atomic E-state index is 13.5. The van der Waals surface area contributed by atoms with Crippen LogP contribution in [0.3, 0.4) is 0 Å². The van der Waals surface area contributed by atoms with Crippen molar-refractivity contribution < 1.29 is 13.2 Å². The molecule has 1 amide bonds. The van der Waals surface area contributed by atoms with Crippen LogP contribution in [-0.2, 0) is 20.2 Å². The lowest BCUT2D eigenvalue weighted by Gasteiger charge is -2.24. The van der Waals surface area contributed by atoms with Gasteiger partial charge in [0.25, 0.3) is 15.9 Å². The quantitative estimate of drug-likeness (QED) is 0.327. The lowest BCUT2D eigenvalue weighted by atomic mass is 9.86. The number of hydrogen-bond donors (Lipinski definition) is 1. The molecule has 0 spiro atoms. The molecule has 3 aromatic rings. The summed E-state index contributed by atoms with van der Waals surface area (Å²) in [7, 11) is -4.06. The van der Waals surface area contributed by atoms with E-state index in [1.54, 1.807) is 43.3 Å². The SMILES string of the molecule is C/C(=N/NC(=O)CN(c1ccccc1Cl)S(=O)(=O)c1ccc(C)cc1)c1ccc(C(C)(C)C)cc1. The van der Waals surface area contributed by atoms with Crippen LogP contribution in [0.4, 0.5) is 5.69 Å². The van der Waals surface area contributed by atoms with Gasteiger partial charge in [0, 0.05) is 0 Å². The number of nitrogens with one attached hydrogen (secondary N) is 1. The fourth-order valence-electron chi connectivity index (χ4n) is 3.38. The van der Waals surface area contributed by atoms with Gasteiger partial charge in [-0.15, -0.1) is 0 Å². The number of benzene rings is 3. The molecule has 0 fully saturated rings. The highest BCUT2D eigenvalue weighted by atomic mass is 35.5. The standard InChI is InChI=1S/C27H30ClN3O3S/c1-19-10-16-23(17-11-19)35(33,34)31(25-9-7-6-8-24(25)28)18-26(32)30-29-20(2)21-12-14-22(15-13-21)27(3,4)5/h6-17H,18H2,1-5H3,(H,30,32)/b29-20-. The van der Waals surface area contributed by atoms with E-state index in [9.17, 15) is 13.2 Å². The number of hydrazone groups is 1. The van der Waals surface area contributed by atoms with E-state index in [-0.39, 0.29) is 21.0 Å². The molecule has 0 aliphatic carbocycles. The summed E-state index contributed by atoms with van der Waals surface area (Å²) < 4.78 is 27.9. The molecule has 0 saturated carbocycles. The first-order valence-electron chi connectivity index (χ1n) is 11.2. The molecule has 184 valence electrons. The van der Waals surface area contributed by atoms with Crippen LogP contribution in [-0.4, -0.2) is 26.6 Å². The van der Waals surface area contributed by atoms with Gasteiger partial charge in [0.1, 0.15) is 6.54 Å². The zero-order valence-corrected chi connectivity index (χ0v) is 22.1. The molecule has 6 nitrogen and oxygen atoms in total. The van der Waals surface area contributed by atoms with Crippen molar-refractivity contribution in [1.29, 1.82) is 0 Å². The minimum atomic E-state index is -4.06. The predicted molar refractivity (Wildman–Crippen MR) is 143 cm³/mol. The summed E-state index contributed by atoms with van der Waals surface area (Å²) in [6.45, 7) is 9.57. The molecule has 0 aliphatic rings. The van der Waals surface area contributed by atoms with E-state index in [4.69, 9.17) is 11.6 Å². The van der Waals surface area contributed by atoms with Gasteiger partial charge in [0.05, 0.1) is 21.3 Å². The van der Waals surface area contributed by atoms with Crippen molar-refractivity contribution in [2.45, 2.75) is 44.9 Å². The summed E-state index contributed by atoms with van der Waals surface area (Å²) in [5, 5.41) is 4.40. The van der Waals surface area contributed by atoms with Crippen LogP contribution >= 0.6 is 11.6 Å². The highest BCUT2D eigenvalue weighted by molar-refractivity contribution is 7.92. The molecule has 0 radical (unpaired) electrons. The van der Waals surface area contributed by atoms with Gasteiger partial charge in [-0.3, -0.25) is 9.10 Å². The normalized spacial score (nSPS) is 12.3. The van der Waals surface area contributed by atoms with E-state index in [0.717, 1.165) is 15.4 Å². The fourth-order valence-corrected chi connectivity index (χ4v) is 5.11. The molecule has 35 heavy (non-hydrogen) atoms. The molecular formula is C27H30ClN3O3S. The van der Waals surface area contributed by atoms with E-state index in [1.807, 2.05) is 31.2 Å². The Labute approximate surface area is 212 Å². The van der Waals surface area contributed by atoms with E-state index in [0.29, 0.717) is 5.71 Å². The van der Waals surface area contributed by atoms with Crippen molar-refractivity contribution in [2.75, 3.05) is 10.8 Å². The number of nitrogens with zero attached hydrogens (tertiary/aromatic N) is 2. The maximum Gasteiger partial charge on any atom is 0.264 e. The summed E-state index contributed by atoms with van der Waals surface area (Å²) in [5.41, 5.74) is 6.29. The average molecular weight is 512 g/mol. The Hall–Kier alpha value is -3.16. The minimum Gasteiger partial charge on any atom is -0.271 e. The third-order valence-electron chi connectivity index (χ3n) is 5.53. The first-order chi connectivity index (χ1) is 16.4. The Kier molecular flexibility index (Phi) is 8.03. The van der Waals surface area contributed by atoms with Crippen LogP contribution in [0.1, 0.15) is 44.4 Å². The van der Waals surface area contributed by atoms with Gasteiger partial charge in [-0.25, -0.2) is 13.8 Å². The highest BCUT2D eigenvalue weighted by Gasteiger charge is 2.28. The zero-order chi connectivity index (χ0) is 25.8. The molecule has 0 saturated heterocycles. The van der Waals surface area contributed by atoms with Crippen molar-refractivity contribution in [3.05, 3.63) is 94.5 Å². The van der Waals surface area contributed by atoms with E-state index >= 15 is 0 Å². The van der Waals surface area contributed by atoms with Crippen molar-refractivity contribution in [3.8, 4) is 0 Å². The van der Waals surface area contributed by atoms with Gasteiger partial charge >= 0.3 is 0 Å². The molecule has 3 aromatic carbocycles. The molecule has 0 atom stereocenters. The second kappa shape index (κ2) is 10.6. The lowest BCUT2D eigenvalue weighted by molar-refractivity contribution is -0.119. The number of aryl methyl sites for hydroxylation is 1. The smallest absolute Gasteiger partial charge is 0.264 e. The summed E-state index contributed by atoms with van der Waals surface area (Å²) in [4.78, 5) is 12.9. The molecule has 0 aliphatic heterocycles. The van der Waals surface area contributed by atoms with Gasteiger partial charge < -0.3 is 0 Å². The first-order valence-corrected chi connectivity index (χ1v) is 13.0. The van der Waals surface area contributed by atoms with Crippen LogP contribution in [0.15, 0.2) is 82.8 Å². The zero-order valence-electron chi connectivity index (χ0n) is 20.5. The number of halogens is 1. The molecule has 3 rings (SSSR count). The summed E-state index contributed by atoms with van der Waals surface area (Å²) in [5.74, 6) is -0.591. The third-order valence-corrected chi connectivity index (χ3v) is 7.63. The topological polar surface area (TPSA) is 78.8 Å². The Morgan fingerprint density at radius 2 is 1.57 bits per heavy atom. The van der Waals surface area contributed by atoms with Gasteiger partial charge in [-0.1, -0.05) is 86.5 Å². The van der Waals surface area contributed by atoms with Gasteiger partial charge in [-0.05, 0) is 54.7 Å². The van der Waals surface area contributed by atoms with Crippen LogP contribution in [0.25, 0.3) is 0 Å². The van der Waals surface area contributed by atoms with Gasteiger partial charge in [0.2, 0.25) is 0 Å². The molecule has 0 unspecified atom stereocenters. The van der Waals surface area contributed by atoms with Crippen molar-refractivity contribution in [3.63, 3.8) is 0 Å². The van der Waals surface area contributed by atoms with Crippen LogP contribution in [0.5, 0.6) is 0 Å². The average Bonchev–Trinajstić information content (AvgIpc) is 2.81. The number of hydrogen-bond acceptors (Lipinski definition) is 4. The molecule has 0 aromatic heterocycles. The number of sulfonamides is 1. The molecular weight excluding hydrogens is 482 g/mol. The van der Waals surface area contributed by atoms with E-state index < -0.39 is 22.5 Å². The second-order valence-electron chi connectivity index (χ2n) is 9.34. The van der Waals surface area contributed by atoms with Gasteiger partial charge in [0.15, 0.2) is 0 Å². The summed E-state index contributed by atoms with van der Waals surface area (Å²) in [6, 6.07) is 20.9. The van der Waals surface area contributed by atoms with Crippen LogP contribution in [0.2, 0.25) is 5.02 Å². The minimum absolute atomic E-state index is 0.0307. The largest absolute Gasteiger partial charge is 0.271 e.